The Morgan fingerprint density at radius 1 is 1.16 bits per heavy atom. The van der Waals surface area contributed by atoms with Gasteiger partial charge in [0.2, 0.25) is 5.91 Å². The summed E-state index contributed by atoms with van der Waals surface area (Å²) in [6.07, 6.45) is 1.84. The van der Waals surface area contributed by atoms with Gasteiger partial charge in [0, 0.05) is 30.7 Å². The fraction of sp³-hybridized carbons (Fsp3) is 0.400. The van der Waals surface area contributed by atoms with Crippen molar-refractivity contribution in [3.05, 3.63) is 53.2 Å². The van der Waals surface area contributed by atoms with Crippen molar-refractivity contribution < 1.29 is 4.79 Å². The van der Waals surface area contributed by atoms with Crippen LogP contribution < -0.4 is 10.2 Å². The molecule has 1 heterocycles. The second-order valence-corrected chi connectivity index (χ2v) is 7.05. The lowest BCUT2D eigenvalue weighted by molar-refractivity contribution is -0.118. The van der Waals surface area contributed by atoms with Crippen molar-refractivity contribution in [2.45, 2.75) is 39.1 Å². The molecule has 1 amide bonds. The Balaban J connectivity index is 1.82. The zero-order valence-corrected chi connectivity index (χ0v) is 16.3. The summed E-state index contributed by atoms with van der Waals surface area (Å²) in [5.74, 6) is 1.44. The fourth-order valence-electron chi connectivity index (χ4n) is 2.51. The van der Waals surface area contributed by atoms with Crippen LogP contribution in [0.15, 0.2) is 41.4 Å². The van der Waals surface area contributed by atoms with Crippen molar-refractivity contribution in [2.75, 3.05) is 23.7 Å². The first-order valence-electron chi connectivity index (χ1n) is 8.70. The van der Waals surface area contributed by atoms with Gasteiger partial charge in [0.15, 0.2) is 0 Å². The third kappa shape index (κ3) is 5.78. The van der Waals surface area contributed by atoms with E-state index in [4.69, 9.17) is 0 Å². The maximum Gasteiger partial charge on any atom is 0.230 e. The highest BCUT2D eigenvalue weighted by molar-refractivity contribution is 8.00. The molecular formula is C20H27N3OS. The number of nitrogens with one attached hydrogen (secondary N) is 1. The van der Waals surface area contributed by atoms with E-state index in [0.717, 1.165) is 24.5 Å². The van der Waals surface area contributed by atoms with E-state index < -0.39 is 0 Å². The van der Waals surface area contributed by atoms with Crippen LogP contribution in [0.1, 0.15) is 30.5 Å². The molecule has 25 heavy (non-hydrogen) atoms. The molecule has 4 nitrogen and oxygen atoms in total. The van der Waals surface area contributed by atoms with Crippen molar-refractivity contribution in [1.82, 2.24) is 10.3 Å². The molecule has 0 atom stereocenters. The van der Waals surface area contributed by atoms with Crippen LogP contribution in [0, 0.1) is 13.8 Å². The van der Waals surface area contributed by atoms with Crippen LogP contribution in [0.3, 0.4) is 0 Å². The topological polar surface area (TPSA) is 45.2 Å². The highest BCUT2D eigenvalue weighted by Gasteiger charge is 2.07. The average molecular weight is 358 g/mol. The number of anilines is 1. The minimum Gasteiger partial charge on any atom is -0.357 e. The van der Waals surface area contributed by atoms with Gasteiger partial charge in [0.05, 0.1) is 5.75 Å². The number of rotatable bonds is 8. The highest BCUT2D eigenvalue weighted by atomic mass is 32.2. The molecular weight excluding hydrogens is 330 g/mol. The SMILES string of the molecule is CCN(CC)c1ccc(CNC(=O)CSc2cc(C)ccc2C)cn1. The molecule has 0 radical (unpaired) electrons. The molecule has 0 bridgehead atoms. The lowest BCUT2D eigenvalue weighted by Crippen LogP contribution is -2.25. The first kappa shape index (κ1) is 19.3. The van der Waals surface area contributed by atoms with Crippen LogP contribution >= 0.6 is 11.8 Å². The number of aromatic nitrogens is 1. The molecule has 1 aromatic carbocycles. The van der Waals surface area contributed by atoms with Crippen LogP contribution in [0.2, 0.25) is 0 Å². The predicted octanol–water partition coefficient (Wildman–Crippen LogP) is 3.95. The van der Waals surface area contributed by atoms with Gasteiger partial charge in [-0.3, -0.25) is 4.79 Å². The average Bonchev–Trinajstić information content (AvgIpc) is 2.62. The number of amides is 1. The van der Waals surface area contributed by atoms with Crippen molar-refractivity contribution >= 4 is 23.5 Å². The van der Waals surface area contributed by atoms with Crippen LogP contribution in [0.25, 0.3) is 0 Å². The molecule has 0 aliphatic heterocycles. The lowest BCUT2D eigenvalue weighted by Gasteiger charge is -2.19. The molecule has 2 rings (SSSR count). The number of nitrogens with zero attached hydrogens (tertiary/aromatic N) is 2. The molecule has 0 aliphatic rings. The molecule has 0 saturated carbocycles. The number of hydrogen-bond acceptors (Lipinski definition) is 4. The summed E-state index contributed by atoms with van der Waals surface area (Å²) in [5.41, 5.74) is 3.44. The summed E-state index contributed by atoms with van der Waals surface area (Å²) < 4.78 is 0. The summed E-state index contributed by atoms with van der Waals surface area (Å²) in [5, 5.41) is 2.97. The van der Waals surface area contributed by atoms with Gasteiger partial charge in [0.25, 0.3) is 0 Å². The zero-order chi connectivity index (χ0) is 18.2. The van der Waals surface area contributed by atoms with E-state index in [1.54, 1.807) is 11.8 Å². The van der Waals surface area contributed by atoms with Crippen molar-refractivity contribution in [3.8, 4) is 0 Å². The van der Waals surface area contributed by atoms with E-state index in [2.05, 4.69) is 61.1 Å². The molecule has 5 heteroatoms. The molecule has 0 spiro atoms. The number of pyridine rings is 1. The second-order valence-electron chi connectivity index (χ2n) is 6.03. The largest absolute Gasteiger partial charge is 0.357 e. The van der Waals surface area contributed by atoms with Gasteiger partial charge in [-0.25, -0.2) is 4.98 Å². The van der Waals surface area contributed by atoms with Gasteiger partial charge in [0.1, 0.15) is 5.82 Å². The van der Waals surface area contributed by atoms with E-state index in [9.17, 15) is 4.79 Å². The van der Waals surface area contributed by atoms with Gasteiger partial charge in [-0.15, -0.1) is 11.8 Å². The standard InChI is InChI=1S/C20H27N3OS/c1-5-23(6-2)19-10-9-17(12-21-19)13-22-20(24)14-25-18-11-15(3)7-8-16(18)4/h7-12H,5-6,13-14H2,1-4H3,(H,22,24). The number of thioether (sulfide) groups is 1. The molecule has 1 aromatic heterocycles. The number of aryl methyl sites for hydroxylation is 2. The third-order valence-electron chi connectivity index (χ3n) is 4.09. The Hall–Kier alpha value is -2.01. The van der Waals surface area contributed by atoms with E-state index in [-0.39, 0.29) is 5.91 Å². The minimum atomic E-state index is 0.0405. The minimum absolute atomic E-state index is 0.0405. The molecule has 0 aliphatic carbocycles. The molecule has 1 N–H and O–H groups in total. The number of carbonyl (C=O) groups is 1. The Bertz CT molecular complexity index is 697. The van der Waals surface area contributed by atoms with Crippen LogP contribution in [0.5, 0.6) is 0 Å². The molecule has 0 fully saturated rings. The van der Waals surface area contributed by atoms with Gasteiger partial charge < -0.3 is 10.2 Å². The van der Waals surface area contributed by atoms with Crippen molar-refractivity contribution in [3.63, 3.8) is 0 Å². The van der Waals surface area contributed by atoms with Gasteiger partial charge in [-0.1, -0.05) is 23.8 Å². The van der Waals surface area contributed by atoms with Crippen molar-refractivity contribution in [1.29, 1.82) is 0 Å². The number of benzene rings is 1. The van der Waals surface area contributed by atoms with Gasteiger partial charge >= 0.3 is 0 Å². The first-order valence-corrected chi connectivity index (χ1v) is 9.68. The van der Waals surface area contributed by atoms with Crippen molar-refractivity contribution in [2.24, 2.45) is 0 Å². The van der Waals surface area contributed by atoms with E-state index in [1.807, 2.05) is 18.3 Å². The smallest absolute Gasteiger partial charge is 0.230 e. The number of hydrogen-bond donors (Lipinski definition) is 1. The second kappa shape index (κ2) is 9.47. The van der Waals surface area contributed by atoms with Gasteiger partial charge in [-0.2, -0.15) is 0 Å². The summed E-state index contributed by atoms with van der Waals surface area (Å²) in [6, 6.07) is 10.4. The molecule has 0 saturated heterocycles. The molecule has 0 unspecified atom stereocenters. The summed E-state index contributed by atoms with van der Waals surface area (Å²) in [7, 11) is 0. The van der Waals surface area contributed by atoms with E-state index >= 15 is 0 Å². The van der Waals surface area contributed by atoms with E-state index in [1.165, 1.54) is 16.0 Å². The van der Waals surface area contributed by atoms with Crippen LogP contribution in [-0.4, -0.2) is 29.7 Å². The van der Waals surface area contributed by atoms with E-state index in [0.29, 0.717) is 12.3 Å². The Labute approximate surface area is 155 Å². The Morgan fingerprint density at radius 2 is 1.92 bits per heavy atom. The van der Waals surface area contributed by atoms with Crippen LogP contribution in [0.4, 0.5) is 5.82 Å². The normalized spacial score (nSPS) is 10.6. The zero-order valence-electron chi connectivity index (χ0n) is 15.5. The number of carbonyl (C=O) groups excluding carboxylic acids is 1. The van der Waals surface area contributed by atoms with Crippen LogP contribution in [-0.2, 0) is 11.3 Å². The maximum absolute atomic E-state index is 12.1. The summed E-state index contributed by atoms with van der Waals surface area (Å²) in [4.78, 5) is 19.9. The van der Waals surface area contributed by atoms with Gasteiger partial charge in [-0.05, 0) is 51.0 Å². The Kier molecular flexibility index (Phi) is 7.31. The molecule has 2 aromatic rings. The first-order chi connectivity index (χ1) is 12.0. The maximum atomic E-state index is 12.1. The fourth-order valence-corrected chi connectivity index (χ4v) is 3.47. The summed E-state index contributed by atoms with van der Waals surface area (Å²) in [6.45, 7) is 10.8. The third-order valence-corrected chi connectivity index (χ3v) is 5.25. The molecule has 134 valence electrons. The monoisotopic (exact) mass is 357 g/mol. The highest BCUT2D eigenvalue weighted by Crippen LogP contribution is 2.23. The lowest BCUT2D eigenvalue weighted by atomic mass is 10.2. The predicted molar refractivity (Wildman–Crippen MR) is 106 cm³/mol. The summed E-state index contributed by atoms with van der Waals surface area (Å²) >= 11 is 1.58. The quantitative estimate of drug-likeness (QED) is 0.727. The Morgan fingerprint density at radius 3 is 2.56 bits per heavy atom.